The number of allylic oxidation sites excluding steroid dienone is 7. The molecule has 2 aliphatic rings. The van der Waals surface area contributed by atoms with Crippen LogP contribution in [0.5, 0.6) is 0 Å². The molecule has 0 saturated carbocycles. The van der Waals surface area contributed by atoms with Gasteiger partial charge in [-0.15, -0.1) is 15.3 Å². The van der Waals surface area contributed by atoms with Crippen LogP contribution in [0.1, 0.15) is 27.0 Å². The molecule has 0 radical (unpaired) electrons. The maximum Gasteiger partial charge on any atom is 0.195 e. The number of hydrogen-bond acceptors (Lipinski definition) is 0. The van der Waals surface area contributed by atoms with Crippen LogP contribution < -0.4 is 5.19 Å². The van der Waals surface area contributed by atoms with E-state index in [2.05, 4.69) is 192 Å². The lowest BCUT2D eigenvalue weighted by Crippen LogP contribution is -2.74. The third-order valence-electron chi connectivity index (χ3n) is 11.6. The quantitative estimate of drug-likeness (QED) is 0.154. The topological polar surface area (TPSA) is 0 Å². The smallest absolute Gasteiger partial charge is 0.114 e. The van der Waals surface area contributed by atoms with Crippen LogP contribution in [-0.2, 0) is 4.28 Å². The van der Waals surface area contributed by atoms with E-state index in [9.17, 15) is 0 Å². The molecule has 2 unspecified atom stereocenters. The molecule has 1 aliphatic carbocycles. The van der Waals surface area contributed by atoms with Gasteiger partial charge in [-0.2, -0.15) is 0 Å². The van der Waals surface area contributed by atoms with Crippen molar-refractivity contribution in [3.8, 4) is 0 Å². The van der Waals surface area contributed by atoms with Gasteiger partial charge in [0.05, 0.1) is 0 Å². The van der Waals surface area contributed by atoms with E-state index in [1.54, 1.807) is 5.56 Å². The monoisotopic (exact) mass is 846 g/mol. The Bertz CT molecular complexity index is 1370. The van der Waals surface area contributed by atoms with Crippen LogP contribution in [0.3, 0.4) is 0 Å². The zero-order chi connectivity index (χ0) is 37.5. The Hall–Kier alpha value is 0.395. The second-order valence-corrected chi connectivity index (χ2v) is 69.4. The van der Waals surface area contributed by atoms with Crippen LogP contribution >= 0.6 is 15.3 Å². The van der Waals surface area contributed by atoms with Gasteiger partial charge in [0.1, 0.15) is 0 Å². The van der Waals surface area contributed by atoms with Gasteiger partial charge >= 0.3 is 0 Å². The highest BCUT2D eigenvalue weighted by atomic mass is 79.9. The molecule has 0 saturated heterocycles. The SMILES string of the molecule is C[Si](C)(C)C(c1cc(C([Si](C)(C)C)([Si](C)(C)C)[Si](C)(C)C)cc(C([Si](C)(C)C)[Si](C)(C)C)c1[Si]1(Br)C=CC2=CC=CC=CC21)[Si](C)(C)C. The largest absolute Gasteiger partial charge is 0.195 e. The summed E-state index contributed by atoms with van der Waals surface area (Å²) in [7, 11) is -11.8. The van der Waals surface area contributed by atoms with Gasteiger partial charge in [0.25, 0.3) is 0 Å². The summed E-state index contributed by atoms with van der Waals surface area (Å²) in [4.78, 5) is 0. The molecule has 1 aliphatic heterocycles. The lowest BCUT2D eigenvalue weighted by Gasteiger charge is -2.60. The van der Waals surface area contributed by atoms with Crippen molar-refractivity contribution in [2.75, 3.05) is 0 Å². The molecule has 1 aromatic carbocycles. The maximum absolute atomic E-state index is 4.85. The van der Waals surface area contributed by atoms with E-state index in [-0.39, 0.29) is 0 Å². The summed E-state index contributed by atoms with van der Waals surface area (Å²) < 4.78 is 0.353. The molecule has 1 heterocycles. The third-order valence-corrected chi connectivity index (χ3v) is 58.2. The first kappa shape index (κ1) is 42.8. The van der Waals surface area contributed by atoms with E-state index in [0.717, 1.165) is 0 Å². The Morgan fingerprint density at radius 1 is 0.562 bits per heavy atom. The number of fused-ring (bicyclic) bond motifs is 1. The Morgan fingerprint density at radius 3 is 1.27 bits per heavy atom. The summed E-state index contributed by atoms with van der Waals surface area (Å²) in [5.74, 6) is 0. The highest BCUT2D eigenvalue weighted by molar-refractivity contribution is 9.26. The minimum absolute atomic E-state index is 0.353. The molecule has 0 bridgehead atoms. The molecule has 2 atom stereocenters. The molecule has 0 aromatic heterocycles. The van der Waals surface area contributed by atoms with E-state index in [4.69, 9.17) is 15.3 Å². The van der Waals surface area contributed by atoms with Crippen LogP contribution in [-0.4, -0.2) is 63.2 Å². The molecule has 48 heavy (non-hydrogen) atoms. The summed E-state index contributed by atoms with van der Waals surface area (Å²) in [5.41, 5.74) is 10.1. The zero-order valence-electron chi connectivity index (χ0n) is 35.3. The van der Waals surface area contributed by atoms with Gasteiger partial charge in [0.2, 0.25) is 0 Å². The number of benzene rings is 1. The predicted octanol–water partition coefficient (Wildman–Crippen LogP) is 13.3. The standard InChI is InChI=1S/C39H75BrSi8/c1-41(2,3)37(42(4,5)6)33-29-32(39(45(13,14)15,46(16,17)18)47(19,20)21)30-34(38(43(7,8)9)44(10,11)12)36(33)48(40)28-27-31-25-23-22-24-26-35(31)48/h22-30,35,37-38H,1-21H3. The van der Waals surface area contributed by atoms with Crippen molar-refractivity contribution in [1.82, 2.24) is 0 Å². The minimum atomic E-state index is -2.35. The molecule has 1 aromatic rings. The molecule has 0 N–H and O–H groups in total. The average Bonchev–Trinajstić information content (AvgIpc) is 2.93. The van der Waals surface area contributed by atoms with Crippen LogP contribution in [0, 0.1) is 0 Å². The van der Waals surface area contributed by atoms with Gasteiger partial charge in [-0.3, -0.25) is 0 Å². The number of halogens is 1. The summed E-state index contributed by atoms with van der Waals surface area (Å²) in [6, 6.07) is 5.95. The Morgan fingerprint density at radius 2 is 0.938 bits per heavy atom. The van der Waals surface area contributed by atoms with Crippen molar-refractivity contribution >= 4 is 83.7 Å². The number of hydrogen-bond donors (Lipinski definition) is 0. The van der Waals surface area contributed by atoms with E-state index >= 15 is 0 Å². The van der Waals surface area contributed by atoms with E-state index in [1.807, 2.05) is 16.3 Å². The van der Waals surface area contributed by atoms with Gasteiger partial charge in [0, 0.05) is 62.1 Å². The molecule has 0 nitrogen and oxygen atoms in total. The van der Waals surface area contributed by atoms with Gasteiger partial charge in [-0.05, 0) is 42.1 Å². The zero-order valence-corrected chi connectivity index (χ0v) is 44.9. The van der Waals surface area contributed by atoms with Crippen LogP contribution in [0.4, 0.5) is 0 Å². The fourth-order valence-corrected chi connectivity index (χ4v) is 75.2. The molecule has 0 amide bonds. The van der Waals surface area contributed by atoms with E-state index < -0.39 is 63.2 Å². The molecular weight excluding hydrogens is 773 g/mol. The highest BCUT2D eigenvalue weighted by Crippen LogP contribution is 2.54. The minimum Gasteiger partial charge on any atom is -0.114 e. The molecule has 0 spiro atoms. The van der Waals surface area contributed by atoms with Gasteiger partial charge in [0.15, 0.2) is 6.69 Å². The Balaban J connectivity index is 2.88. The fourth-order valence-electron chi connectivity index (χ4n) is 12.7. The van der Waals surface area contributed by atoms with E-state index in [1.165, 1.54) is 5.57 Å². The first-order valence-electron chi connectivity index (χ1n) is 18.8. The molecule has 270 valence electrons. The predicted molar refractivity (Wildman–Crippen MR) is 251 cm³/mol. The van der Waals surface area contributed by atoms with Gasteiger partial charge < -0.3 is 0 Å². The molecule has 0 fully saturated rings. The average molecular weight is 849 g/mol. The summed E-state index contributed by atoms with van der Waals surface area (Å²) in [6.45, 7) is 54.9. The number of rotatable bonds is 11. The first-order chi connectivity index (χ1) is 21.1. The third kappa shape index (κ3) is 7.70. The Kier molecular flexibility index (Phi) is 11.9. The van der Waals surface area contributed by atoms with Crippen molar-refractivity contribution in [3.63, 3.8) is 0 Å². The lowest BCUT2D eigenvalue weighted by molar-refractivity contribution is 0.995. The van der Waals surface area contributed by atoms with Crippen molar-refractivity contribution in [2.24, 2.45) is 0 Å². The maximum atomic E-state index is 4.85. The molecule has 9 heteroatoms. The van der Waals surface area contributed by atoms with Crippen LogP contribution in [0.2, 0.25) is 143 Å². The summed E-state index contributed by atoms with van der Waals surface area (Å²) in [5, 5.41) is 3.21. The second-order valence-electron chi connectivity index (χ2n) is 22.9. The van der Waals surface area contributed by atoms with E-state index in [0.29, 0.717) is 20.2 Å². The normalized spacial score (nSPS) is 21.7. The summed E-state index contributed by atoms with van der Waals surface area (Å²) in [6.07, 6.45) is 14.3. The van der Waals surface area contributed by atoms with Crippen molar-refractivity contribution < 1.29 is 0 Å². The van der Waals surface area contributed by atoms with Crippen LogP contribution in [0.25, 0.3) is 0 Å². The van der Waals surface area contributed by atoms with Crippen molar-refractivity contribution in [2.45, 2.75) is 158 Å². The Labute approximate surface area is 315 Å². The first-order valence-corrected chi connectivity index (χ1v) is 48.0. The molecular formula is C39H75BrSi8. The van der Waals surface area contributed by atoms with Crippen molar-refractivity contribution in [3.05, 3.63) is 76.6 Å². The summed E-state index contributed by atoms with van der Waals surface area (Å²) >= 11 is 4.85. The second kappa shape index (κ2) is 13.4. The molecule has 3 rings (SSSR count). The fraction of sp³-hybridized carbons (Fsp3) is 0.641. The van der Waals surface area contributed by atoms with Gasteiger partial charge in [-0.25, -0.2) is 0 Å². The van der Waals surface area contributed by atoms with Crippen molar-refractivity contribution in [1.29, 1.82) is 0 Å². The lowest BCUT2D eigenvalue weighted by atomic mass is 10.1. The van der Waals surface area contributed by atoms with Crippen LogP contribution in [0.15, 0.2) is 59.9 Å². The van der Waals surface area contributed by atoms with Gasteiger partial charge in [-0.1, -0.05) is 192 Å². The highest BCUT2D eigenvalue weighted by Gasteiger charge is 2.62.